The molecule has 1 heterocycles. The van der Waals surface area contributed by atoms with E-state index in [1.807, 2.05) is 6.07 Å². The van der Waals surface area contributed by atoms with Gasteiger partial charge in [-0.25, -0.2) is 4.98 Å². The van der Waals surface area contributed by atoms with Gasteiger partial charge < -0.3 is 5.32 Å². The summed E-state index contributed by atoms with van der Waals surface area (Å²) in [5.41, 5.74) is 1.13. The third-order valence-corrected chi connectivity index (χ3v) is 2.67. The van der Waals surface area contributed by atoms with Crippen LogP contribution in [0.15, 0.2) is 18.2 Å². The van der Waals surface area contributed by atoms with E-state index in [0.29, 0.717) is 6.04 Å². The lowest BCUT2D eigenvalue weighted by Gasteiger charge is -2.24. The summed E-state index contributed by atoms with van der Waals surface area (Å²) in [6, 6.07) is 6.73. The molecule has 0 aliphatic carbocycles. The Morgan fingerprint density at radius 2 is 2.06 bits per heavy atom. The van der Waals surface area contributed by atoms with Crippen molar-refractivity contribution in [2.24, 2.45) is 0 Å². The molecule has 0 amide bonds. The monoisotopic (exact) mass is 221 g/mol. The fourth-order valence-electron chi connectivity index (χ4n) is 1.71. The van der Waals surface area contributed by atoms with Crippen molar-refractivity contribution in [1.82, 2.24) is 9.88 Å². The van der Waals surface area contributed by atoms with Gasteiger partial charge in [0.2, 0.25) is 0 Å². The Bertz CT molecular complexity index is 310. The Morgan fingerprint density at radius 3 is 2.62 bits per heavy atom. The highest BCUT2D eigenvalue weighted by atomic mass is 15.1. The van der Waals surface area contributed by atoms with Crippen LogP contribution in [0.4, 0.5) is 5.82 Å². The lowest BCUT2D eigenvalue weighted by atomic mass is 10.2. The summed E-state index contributed by atoms with van der Waals surface area (Å²) in [5.74, 6) is 0.972. The molecule has 0 aromatic carbocycles. The highest BCUT2D eigenvalue weighted by molar-refractivity contribution is 5.34. The third kappa shape index (κ3) is 3.81. The van der Waals surface area contributed by atoms with E-state index >= 15 is 0 Å². The maximum atomic E-state index is 4.58. The van der Waals surface area contributed by atoms with Crippen molar-refractivity contribution in [2.45, 2.75) is 40.3 Å². The van der Waals surface area contributed by atoms with Crippen molar-refractivity contribution in [3.63, 3.8) is 0 Å². The molecule has 0 aliphatic rings. The molecule has 0 fully saturated rings. The van der Waals surface area contributed by atoms with Gasteiger partial charge in [0.1, 0.15) is 5.82 Å². The van der Waals surface area contributed by atoms with E-state index in [4.69, 9.17) is 0 Å². The minimum atomic E-state index is 0.564. The van der Waals surface area contributed by atoms with E-state index in [2.05, 4.69) is 55.0 Å². The fourth-order valence-corrected chi connectivity index (χ4v) is 1.71. The summed E-state index contributed by atoms with van der Waals surface area (Å²) in [7, 11) is 0. The summed E-state index contributed by atoms with van der Waals surface area (Å²) in [6.45, 7) is 11.6. The first-order chi connectivity index (χ1) is 7.67. The molecule has 0 saturated carbocycles. The van der Waals surface area contributed by atoms with E-state index in [1.165, 1.54) is 0 Å². The number of hydrogen-bond acceptors (Lipinski definition) is 3. The van der Waals surface area contributed by atoms with Gasteiger partial charge >= 0.3 is 0 Å². The highest BCUT2D eigenvalue weighted by Gasteiger charge is 2.08. The van der Waals surface area contributed by atoms with Crippen LogP contribution in [0.2, 0.25) is 0 Å². The van der Waals surface area contributed by atoms with Crippen LogP contribution in [-0.2, 0) is 6.54 Å². The average molecular weight is 221 g/mol. The van der Waals surface area contributed by atoms with Crippen LogP contribution in [0, 0.1) is 0 Å². The Morgan fingerprint density at radius 1 is 1.31 bits per heavy atom. The molecule has 16 heavy (non-hydrogen) atoms. The maximum Gasteiger partial charge on any atom is 0.126 e. The number of anilines is 1. The first kappa shape index (κ1) is 13.0. The predicted molar refractivity (Wildman–Crippen MR) is 69.6 cm³/mol. The topological polar surface area (TPSA) is 28.2 Å². The molecular formula is C13H23N3. The molecule has 3 heteroatoms. The minimum absolute atomic E-state index is 0.564. The van der Waals surface area contributed by atoms with Crippen molar-refractivity contribution in [1.29, 1.82) is 0 Å². The summed E-state index contributed by atoms with van der Waals surface area (Å²) in [6.07, 6.45) is 0. The molecule has 3 nitrogen and oxygen atoms in total. The molecule has 0 atom stereocenters. The largest absolute Gasteiger partial charge is 0.370 e. The zero-order valence-electron chi connectivity index (χ0n) is 10.8. The molecule has 0 aliphatic heterocycles. The SMILES string of the molecule is CCNc1cccc(CN(CC)C(C)C)n1. The zero-order chi connectivity index (χ0) is 12.0. The summed E-state index contributed by atoms with van der Waals surface area (Å²) < 4.78 is 0. The number of rotatable bonds is 6. The van der Waals surface area contributed by atoms with Crippen LogP contribution < -0.4 is 5.32 Å². The second kappa shape index (κ2) is 6.48. The molecule has 90 valence electrons. The molecule has 1 aromatic heterocycles. The van der Waals surface area contributed by atoms with Crippen molar-refractivity contribution in [3.8, 4) is 0 Å². The van der Waals surface area contributed by atoms with Gasteiger partial charge in [-0.15, -0.1) is 0 Å². The number of nitrogens with one attached hydrogen (secondary N) is 1. The Hall–Kier alpha value is -1.09. The number of nitrogens with zero attached hydrogens (tertiary/aromatic N) is 2. The van der Waals surface area contributed by atoms with Crippen LogP contribution in [0.25, 0.3) is 0 Å². The maximum absolute atomic E-state index is 4.58. The van der Waals surface area contributed by atoms with Gasteiger partial charge in [-0.05, 0) is 39.4 Å². The molecule has 0 spiro atoms. The van der Waals surface area contributed by atoms with Crippen molar-refractivity contribution in [3.05, 3.63) is 23.9 Å². The van der Waals surface area contributed by atoms with Gasteiger partial charge in [-0.3, -0.25) is 4.90 Å². The van der Waals surface area contributed by atoms with Gasteiger partial charge in [0, 0.05) is 19.1 Å². The summed E-state index contributed by atoms with van der Waals surface area (Å²) in [4.78, 5) is 6.98. The predicted octanol–water partition coefficient (Wildman–Crippen LogP) is 2.74. The smallest absolute Gasteiger partial charge is 0.126 e. The normalized spacial score (nSPS) is 11.1. The molecule has 0 bridgehead atoms. The summed E-state index contributed by atoms with van der Waals surface area (Å²) in [5, 5.41) is 3.24. The number of aromatic nitrogens is 1. The van der Waals surface area contributed by atoms with Crippen molar-refractivity contribution in [2.75, 3.05) is 18.4 Å². The van der Waals surface area contributed by atoms with Gasteiger partial charge in [-0.2, -0.15) is 0 Å². The lowest BCUT2D eigenvalue weighted by Crippen LogP contribution is -2.30. The van der Waals surface area contributed by atoms with Crippen LogP contribution in [0.5, 0.6) is 0 Å². The molecule has 0 saturated heterocycles. The first-order valence-electron chi connectivity index (χ1n) is 6.11. The summed E-state index contributed by atoms with van der Waals surface area (Å²) >= 11 is 0. The van der Waals surface area contributed by atoms with E-state index < -0.39 is 0 Å². The second-order valence-corrected chi connectivity index (χ2v) is 4.20. The average Bonchev–Trinajstić information content (AvgIpc) is 2.26. The Kier molecular flexibility index (Phi) is 5.26. The molecule has 0 unspecified atom stereocenters. The Labute approximate surface area is 98.9 Å². The van der Waals surface area contributed by atoms with Gasteiger partial charge in [0.15, 0.2) is 0 Å². The first-order valence-corrected chi connectivity index (χ1v) is 6.11. The minimum Gasteiger partial charge on any atom is -0.370 e. The molecule has 1 aromatic rings. The van der Waals surface area contributed by atoms with E-state index in [1.54, 1.807) is 0 Å². The molecular weight excluding hydrogens is 198 g/mol. The standard InChI is InChI=1S/C13H23N3/c1-5-14-13-9-7-8-12(15-13)10-16(6-2)11(3)4/h7-9,11H,5-6,10H2,1-4H3,(H,14,15). The second-order valence-electron chi connectivity index (χ2n) is 4.20. The molecule has 0 radical (unpaired) electrons. The van der Waals surface area contributed by atoms with Crippen molar-refractivity contribution >= 4 is 5.82 Å². The lowest BCUT2D eigenvalue weighted by molar-refractivity contribution is 0.222. The van der Waals surface area contributed by atoms with E-state index in [0.717, 1.165) is 31.1 Å². The van der Waals surface area contributed by atoms with E-state index in [-0.39, 0.29) is 0 Å². The fraction of sp³-hybridized carbons (Fsp3) is 0.615. The number of pyridine rings is 1. The van der Waals surface area contributed by atoms with E-state index in [9.17, 15) is 0 Å². The van der Waals surface area contributed by atoms with Gasteiger partial charge in [0.05, 0.1) is 5.69 Å². The Balaban J connectivity index is 2.68. The quantitative estimate of drug-likeness (QED) is 0.800. The number of hydrogen-bond donors (Lipinski definition) is 1. The van der Waals surface area contributed by atoms with Crippen LogP contribution >= 0.6 is 0 Å². The highest BCUT2D eigenvalue weighted by Crippen LogP contribution is 2.09. The van der Waals surface area contributed by atoms with Crippen LogP contribution in [0.1, 0.15) is 33.4 Å². The van der Waals surface area contributed by atoms with Gasteiger partial charge in [0.25, 0.3) is 0 Å². The molecule has 1 rings (SSSR count). The zero-order valence-corrected chi connectivity index (χ0v) is 10.8. The molecule has 1 N–H and O–H groups in total. The third-order valence-electron chi connectivity index (χ3n) is 2.67. The van der Waals surface area contributed by atoms with Gasteiger partial charge in [-0.1, -0.05) is 13.0 Å². The van der Waals surface area contributed by atoms with Crippen molar-refractivity contribution < 1.29 is 0 Å². The van der Waals surface area contributed by atoms with Crippen LogP contribution in [-0.4, -0.2) is 29.0 Å². The van der Waals surface area contributed by atoms with Crippen LogP contribution in [0.3, 0.4) is 0 Å².